The van der Waals surface area contributed by atoms with Crippen LogP contribution < -0.4 is 4.74 Å². The largest absolute Gasteiger partial charge is 0.422 e. The van der Waals surface area contributed by atoms with Crippen molar-refractivity contribution >= 4 is 16.0 Å². The summed E-state index contributed by atoms with van der Waals surface area (Å²) < 4.78 is 31.3. The van der Waals surface area contributed by atoms with Crippen molar-refractivity contribution in [3.63, 3.8) is 0 Å². The van der Waals surface area contributed by atoms with Crippen LogP contribution in [0.5, 0.6) is 5.75 Å². The third-order valence-electron chi connectivity index (χ3n) is 4.28. The van der Waals surface area contributed by atoms with Crippen LogP contribution in [0.25, 0.3) is 0 Å². The zero-order valence-electron chi connectivity index (χ0n) is 15.4. The van der Waals surface area contributed by atoms with Gasteiger partial charge in [0.05, 0.1) is 10.5 Å². The number of benzene rings is 2. The van der Waals surface area contributed by atoms with Crippen molar-refractivity contribution in [2.24, 2.45) is 0 Å². The SMILES string of the molecule is Cc1ccc(S(=O)(=O)N(C)C)cc1C(=O)Oc1c(C)ccc(C)c1C. The fourth-order valence-corrected chi connectivity index (χ4v) is 3.35. The van der Waals surface area contributed by atoms with Crippen molar-refractivity contribution in [2.45, 2.75) is 32.6 Å². The number of nitrogens with zero attached hydrogens (tertiary/aromatic N) is 1. The molecule has 0 radical (unpaired) electrons. The molecule has 0 atom stereocenters. The Hall–Kier alpha value is -2.18. The molecule has 0 heterocycles. The lowest BCUT2D eigenvalue weighted by molar-refractivity contribution is 0.0731. The molecular weight excluding hydrogens is 338 g/mol. The fraction of sp³-hybridized carbons (Fsp3) is 0.316. The summed E-state index contributed by atoms with van der Waals surface area (Å²) in [5.74, 6) is -0.0459. The Bertz CT molecular complexity index is 931. The van der Waals surface area contributed by atoms with E-state index in [1.54, 1.807) is 13.0 Å². The highest BCUT2D eigenvalue weighted by atomic mass is 32.2. The predicted molar refractivity (Wildman–Crippen MR) is 97.7 cm³/mol. The van der Waals surface area contributed by atoms with Crippen molar-refractivity contribution < 1.29 is 17.9 Å². The van der Waals surface area contributed by atoms with E-state index in [2.05, 4.69) is 0 Å². The minimum Gasteiger partial charge on any atom is -0.422 e. The number of esters is 1. The normalized spacial score (nSPS) is 11.6. The van der Waals surface area contributed by atoms with Crippen LogP contribution in [0.1, 0.15) is 32.6 Å². The number of carbonyl (C=O) groups is 1. The molecule has 2 aromatic carbocycles. The molecule has 0 saturated carbocycles. The van der Waals surface area contributed by atoms with Gasteiger partial charge in [-0.25, -0.2) is 17.5 Å². The summed E-state index contributed by atoms with van der Waals surface area (Å²) >= 11 is 0. The van der Waals surface area contributed by atoms with E-state index < -0.39 is 16.0 Å². The van der Waals surface area contributed by atoms with E-state index in [9.17, 15) is 13.2 Å². The smallest absolute Gasteiger partial charge is 0.343 e. The molecule has 0 aliphatic carbocycles. The average molecular weight is 361 g/mol. The predicted octanol–water partition coefficient (Wildman–Crippen LogP) is 3.39. The highest BCUT2D eigenvalue weighted by Crippen LogP contribution is 2.27. The third-order valence-corrected chi connectivity index (χ3v) is 6.09. The van der Waals surface area contributed by atoms with Gasteiger partial charge in [0.2, 0.25) is 10.0 Å². The second kappa shape index (κ2) is 6.98. The first-order chi connectivity index (χ1) is 11.6. The van der Waals surface area contributed by atoms with E-state index in [0.717, 1.165) is 21.0 Å². The van der Waals surface area contributed by atoms with Gasteiger partial charge in [-0.1, -0.05) is 18.2 Å². The first-order valence-corrected chi connectivity index (χ1v) is 9.32. The molecule has 0 spiro atoms. The van der Waals surface area contributed by atoms with Crippen LogP contribution in [-0.4, -0.2) is 32.8 Å². The minimum atomic E-state index is -3.62. The van der Waals surface area contributed by atoms with Crippen LogP contribution in [0.4, 0.5) is 0 Å². The van der Waals surface area contributed by atoms with E-state index in [1.165, 1.54) is 26.2 Å². The van der Waals surface area contributed by atoms with Crippen LogP contribution in [0.3, 0.4) is 0 Å². The summed E-state index contributed by atoms with van der Waals surface area (Å²) in [7, 11) is -0.718. The van der Waals surface area contributed by atoms with Gasteiger partial charge in [-0.2, -0.15) is 0 Å². The summed E-state index contributed by atoms with van der Waals surface area (Å²) in [5.41, 5.74) is 3.66. The maximum Gasteiger partial charge on any atom is 0.343 e. The minimum absolute atomic E-state index is 0.0627. The molecule has 2 aromatic rings. The molecule has 0 unspecified atom stereocenters. The Morgan fingerprint density at radius 2 is 1.48 bits per heavy atom. The molecule has 6 heteroatoms. The molecule has 0 N–H and O–H groups in total. The monoisotopic (exact) mass is 361 g/mol. The lowest BCUT2D eigenvalue weighted by atomic mass is 10.0. The Kier molecular flexibility index (Phi) is 5.34. The lowest BCUT2D eigenvalue weighted by Crippen LogP contribution is -2.23. The van der Waals surface area contributed by atoms with Crippen molar-refractivity contribution in [3.8, 4) is 5.75 Å². The molecule has 0 fully saturated rings. The van der Waals surface area contributed by atoms with Crippen LogP contribution in [0.2, 0.25) is 0 Å². The quantitative estimate of drug-likeness (QED) is 0.618. The summed E-state index contributed by atoms with van der Waals surface area (Å²) in [4.78, 5) is 12.7. The Morgan fingerprint density at radius 1 is 0.920 bits per heavy atom. The molecule has 0 bridgehead atoms. The molecule has 0 saturated heterocycles. The number of carbonyl (C=O) groups excluding carboxylic acids is 1. The lowest BCUT2D eigenvalue weighted by Gasteiger charge is -2.15. The Labute approximate surface area is 149 Å². The summed E-state index contributed by atoms with van der Waals surface area (Å²) in [6, 6.07) is 8.34. The average Bonchev–Trinajstić information content (AvgIpc) is 2.55. The number of sulfonamides is 1. The molecule has 0 aliphatic rings. The van der Waals surface area contributed by atoms with Crippen LogP contribution in [0.15, 0.2) is 35.2 Å². The second-order valence-electron chi connectivity index (χ2n) is 6.31. The first kappa shape index (κ1) is 19.1. The first-order valence-electron chi connectivity index (χ1n) is 7.88. The standard InChI is InChI=1S/C19H23NO4S/c1-12-7-8-14(3)18(15(12)4)24-19(21)17-11-16(10-9-13(17)2)25(22,23)20(5)6/h7-11H,1-6H3. The van der Waals surface area contributed by atoms with E-state index >= 15 is 0 Å². The van der Waals surface area contributed by atoms with Gasteiger partial charge in [0.25, 0.3) is 0 Å². The highest BCUT2D eigenvalue weighted by Gasteiger charge is 2.22. The maximum absolute atomic E-state index is 12.7. The van der Waals surface area contributed by atoms with Gasteiger partial charge in [0.15, 0.2) is 0 Å². The van der Waals surface area contributed by atoms with Crippen molar-refractivity contribution in [2.75, 3.05) is 14.1 Å². The van der Waals surface area contributed by atoms with E-state index in [4.69, 9.17) is 4.74 Å². The zero-order chi connectivity index (χ0) is 18.9. The molecule has 134 valence electrons. The van der Waals surface area contributed by atoms with Gasteiger partial charge in [0, 0.05) is 14.1 Å². The fourth-order valence-electron chi connectivity index (χ4n) is 2.42. The van der Waals surface area contributed by atoms with Crippen LogP contribution in [-0.2, 0) is 10.0 Å². The number of hydrogen-bond donors (Lipinski definition) is 0. The number of rotatable bonds is 4. The molecule has 2 rings (SSSR count). The molecule has 5 nitrogen and oxygen atoms in total. The van der Waals surface area contributed by atoms with E-state index in [0.29, 0.717) is 11.3 Å². The number of ether oxygens (including phenoxy) is 1. The third kappa shape index (κ3) is 3.75. The molecule has 0 aliphatic heterocycles. The zero-order valence-corrected chi connectivity index (χ0v) is 16.2. The summed E-state index contributed by atoms with van der Waals surface area (Å²) in [6.45, 7) is 7.46. The highest BCUT2D eigenvalue weighted by molar-refractivity contribution is 7.89. The van der Waals surface area contributed by atoms with Gasteiger partial charge < -0.3 is 4.74 Å². The number of aryl methyl sites for hydroxylation is 3. The van der Waals surface area contributed by atoms with Crippen molar-refractivity contribution in [1.29, 1.82) is 0 Å². The topological polar surface area (TPSA) is 63.7 Å². The van der Waals surface area contributed by atoms with Gasteiger partial charge in [-0.05, 0) is 62.1 Å². The van der Waals surface area contributed by atoms with Crippen LogP contribution in [0, 0.1) is 27.7 Å². The van der Waals surface area contributed by atoms with Gasteiger partial charge in [-0.3, -0.25) is 0 Å². The van der Waals surface area contributed by atoms with E-state index in [-0.39, 0.29) is 10.5 Å². The summed E-state index contributed by atoms with van der Waals surface area (Å²) in [5, 5.41) is 0. The maximum atomic E-state index is 12.7. The van der Waals surface area contributed by atoms with Crippen molar-refractivity contribution in [1.82, 2.24) is 4.31 Å². The van der Waals surface area contributed by atoms with Crippen molar-refractivity contribution in [3.05, 3.63) is 58.1 Å². The number of hydrogen-bond acceptors (Lipinski definition) is 4. The molecular formula is C19H23NO4S. The Morgan fingerprint density at radius 3 is 2.08 bits per heavy atom. The van der Waals surface area contributed by atoms with E-state index in [1.807, 2.05) is 32.9 Å². The molecule has 0 amide bonds. The second-order valence-corrected chi connectivity index (χ2v) is 8.46. The van der Waals surface area contributed by atoms with Gasteiger partial charge in [-0.15, -0.1) is 0 Å². The molecule has 25 heavy (non-hydrogen) atoms. The van der Waals surface area contributed by atoms with Crippen LogP contribution >= 0.6 is 0 Å². The van der Waals surface area contributed by atoms with Gasteiger partial charge in [0.1, 0.15) is 5.75 Å². The van der Waals surface area contributed by atoms with Gasteiger partial charge >= 0.3 is 5.97 Å². The Balaban J connectivity index is 2.46. The molecule has 0 aromatic heterocycles. The summed E-state index contributed by atoms with van der Waals surface area (Å²) in [6.07, 6.45) is 0.